The summed E-state index contributed by atoms with van der Waals surface area (Å²) in [4.78, 5) is 2.18. The Bertz CT molecular complexity index is 504. The molecule has 0 radical (unpaired) electrons. The predicted octanol–water partition coefficient (Wildman–Crippen LogP) is 4.10. The second-order valence-corrected chi connectivity index (χ2v) is 5.59. The zero-order valence-electron chi connectivity index (χ0n) is 9.20. The average Bonchev–Trinajstić information content (AvgIpc) is 2.68. The SMILES string of the molecule is Cc1ccc(C(O)c2ccc(Cl)c(C)c2)s1. The smallest absolute Gasteiger partial charge is 0.113 e. The second-order valence-electron chi connectivity index (χ2n) is 3.86. The van der Waals surface area contributed by atoms with E-state index in [0.717, 1.165) is 21.0 Å². The minimum absolute atomic E-state index is 0.547. The van der Waals surface area contributed by atoms with Gasteiger partial charge in [0.2, 0.25) is 0 Å². The van der Waals surface area contributed by atoms with Crippen molar-refractivity contribution >= 4 is 22.9 Å². The third kappa shape index (κ3) is 2.29. The van der Waals surface area contributed by atoms with Crippen LogP contribution < -0.4 is 0 Å². The van der Waals surface area contributed by atoms with E-state index in [4.69, 9.17) is 11.6 Å². The molecule has 16 heavy (non-hydrogen) atoms. The fraction of sp³-hybridized carbons (Fsp3) is 0.231. The molecule has 1 nitrogen and oxygen atoms in total. The maximum absolute atomic E-state index is 10.2. The highest BCUT2D eigenvalue weighted by molar-refractivity contribution is 7.12. The van der Waals surface area contributed by atoms with Gasteiger partial charge in [0.1, 0.15) is 6.10 Å². The zero-order chi connectivity index (χ0) is 11.7. The van der Waals surface area contributed by atoms with Crippen molar-refractivity contribution in [1.82, 2.24) is 0 Å². The fourth-order valence-corrected chi connectivity index (χ4v) is 2.61. The Kier molecular flexibility index (Phi) is 3.33. The first-order valence-electron chi connectivity index (χ1n) is 5.08. The number of benzene rings is 1. The molecule has 1 heterocycles. The van der Waals surface area contributed by atoms with Gasteiger partial charge in [0.05, 0.1) is 0 Å². The van der Waals surface area contributed by atoms with Crippen molar-refractivity contribution in [3.63, 3.8) is 0 Å². The van der Waals surface area contributed by atoms with E-state index in [9.17, 15) is 5.11 Å². The maximum Gasteiger partial charge on any atom is 0.113 e. The number of aliphatic hydroxyl groups excluding tert-OH is 1. The summed E-state index contributed by atoms with van der Waals surface area (Å²) >= 11 is 7.57. The van der Waals surface area contributed by atoms with E-state index in [1.165, 1.54) is 4.88 Å². The Balaban J connectivity index is 2.33. The third-order valence-corrected chi connectivity index (χ3v) is 4.01. The van der Waals surface area contributed by atoms with Gasteiger partial charge < -0.3 is 5.11 Å². The first kappa shape index (κ1) is 11.6. The average molecular weight is 253 g/mol. The summed E-state index contributed by atoms with van der Waals surface area (Å²) in [6.45, 7) is 3.98. The van der Waals surface area contributed by atoms with E-state index in [1.807, 2.05) is 44.2 Å². The minimum Gasteiger partial charge on any atom is -0.383 e. The number of hydrogen-bond acceptors (Lipinski definition) is 2. The normalized spacial score (nSPS) is 12.8. The Morgan fingerprint density at radius 1 is 1.19 bits per heavy atom. The maximum atomic E-state index is 10.2. The first-order chi connectivity index (χ1) is 7.58. The Labute approximate surface area is 104 Å². The second kappa shape index (κ2) is 4.58. The molecule has 1 atom stereocenters. The van der Waals surface area contributed by atoms with E-state index in [2.05, 4.69) is 0 Å². The van der Waals surface area contributed by atoms with Crippen molar-refractivity contribution in [3.05, 3.63) is 56.2 Å². The van der Waals surface area contributed by atoms with Crippen molar-refractivity contribution in [2.24, 2.45) is 0 Å². The van der Waals surface area contributed by atoms with Gasteiger partial charge in [-0.2, -0.15) is 0 Å². The van der Waals surface area contributed by atoms with Gasteiger partial charge in [0, 0.05) is 14.8 Å². The topological polar surface area (TPSA) is 20.2 Å². The molecule has 1 unspecified atom stereocenters. The molecule has 0 amide bonds. The molecule has 0 aliphatic heterocycles. The van der Waals surface area contributed by atoms with E-state index < -0.39 is 6.10 Å². The molecule has 2 rings (SSSR count). The van der Waals surface area contributed by atoms with Crippen molar-refractivity contribution < 1.29 is 5.11 Å². The van der Waals surface area contributed by atoms with E-state index in [0.29, 0.717) is 0 Å². The molecule has 0 saturated heterocycles. The molecule has 1 aromatic heterocycles. The highest BCUT2D eigenvalue weighted by Crippen LogP contribution is 2.29. The monoisotopic (exact) mass is 252 g/mol. The van der Waals surface area contributed by atoms with Gasteiger partial charge in [-0.3, -0.25) is 0 Å². The molecule has 0 saturated carbocycles. The zero-order valence-corrected chi connectivity index (χ0v) is 10.8. The van der Waals surface area contributed by atoms with Crippen LogP contribution in [-0.2, 0) is 0 Å². The molecule has 0 spiro atoms. The Hall–Kier alpha value is -0.830. The van der Waals surface area contributed by atoms with E-state index in [-0.39, 0.29) is 0 Å². The molecule has 0 aliphatic carbocycles. The van der Waals surface area contributed by atoms with Crippen LogP contribution in [0.3, 0.4) is 0 Å². The molecular formula is C13H13ClOS. The van der Waals surface area contributed by atoms with Crippen molar-refractivity contribution in [2.45, 2.75) is 20.0 Å². The van der Waals surface area contributed by atoms with Gasteiger partial charge in [0.15, 0.2) is 0 Å². The van der Waals surface area contributed by atoms with Crippen LogP contribution in [0.1, 0.15) is 27.0 Å². The molecule has 1 aromatic carbocycles. The summed E-state index contributed by atoms with van der Waals surface area (Å²) in [5.74, 6) is 0. The van der Waals surface area contributed by atoms with Crippen LogP contribution in [0.25, 0.3) is 0 Å². The van der Waals surface area contributed by atoms with Crippen LogP contribution >= 0.6 is 22.9 Å². The number of aryl methyl sites for hydroxylation is 2. The van der Waals surface area contributed by atoms with Gasteiger partial charge in [-0.1, -0.05) is 23.7 Å². The lowest BCUT2D eigenvalue weighted by Crippen LogP contribution is -1.97. The first-order valence-corrected chi connectivity index (χ1v) is 6.28. The summed E-state index contributed by atoms with van der Waals surface area (Å²) < 4.78 is 0. The molecule has 3 heteroatoms. The van der Waals surface area contributed by atoms with Crippen molar-refractivity contribution in [3.8, 4) is 0 Å². The predicted molar refractivity (Wildman–Crippen MR) is 69.3 cm³/mol. The van der Waals surface area contributed by atoms with Crippen LogP contribution in [0.15, 0.2) is 30.3 Å². The highest BCUT2D eigenvalue weighted by Gasteiger charge is 2.12. The van der Waals surface area contributed by atoms with Crippen LogP contribution in [0, 0.1) is 13.8 Å². The summed E-state index contributed by atoms with van der Waals surface area (Å²) in [5.41, 5.74) is 1.88. The lowest BCUT2D eigenvalue weighted by Gasteiger charge is -2.10. The minimum atomic E-state index is -0.547. The van der Waals surface area contributed by atoms with Gasteiger partial charge >= 0.3 is 0 Å². The summed E-state index contributed by atoms with van der Waals surface area (Å²) in [6, 6.07) is 9.62. The molecule has 0 bridgehead atoms. The Morgan fingerprint density at radius 2 is 1.94 bits per heavy atom. The number of thiophene rings is 1. The van der Waals surface area contributed by atoms with Gasteiger partial charge in [-0.05, 0) is 43.2 Å². The largest absolute Gasteiger partial charge is 0.383 e. The third-order valence-electron chi connectivity index (χ3n) is 2.53. The molecule has 84 valence electrons. The fourth-order valence-electron chi connectivity index (χ4n) is 1.60. The molecular weight excluding hydrogens is 240 g/mol. The van der Waals surface area contributed by atoms with Gasteiger partial charge in [-0.15, -0.1) is 11.3 Å². The van der Waals surface area contributed by atoms with Crippen LogP contribution in [0.5, 0.6) is 0 Å². The summed E-state index contributed by atoms with van der Waals surface area (Å²) in [7, 11) is 0. The number of halogens is 1. The molecule has 1 N–H and O–H groups in total. The van der Waals surface area contributed by atoms with Crippen LogP contribution in [0.4, 0.5) is 0 Å². The molecule has 0 fully saturated rings. The van der Waals surface area contributed by atoms with Crippen molar-refractivity contribution in [1.29, 1.82) is 0 Å². The summed E-state index contributed by atoms with van der Waals surface area (Å²) in [5, 5.41) is 10.9. The van der Waals surface area contributed by atoms with E-state index in [1.54, 1.807) is 11.3 Å². The van der Waals surface area contributed by atoms with Gasteiger partial charge in [0.25, 0.3) is 0 Å². The van der Waals surface area contributed by atoms with Gasteiger partial charge in [-0.25, -0.2) is 0 Å². The van der Waals surface area contributed by atoms with Crippen LogP contribution in [0.2, 0.25) is 5.02 Å². The molecule has 0 aliphatic rings. The number of hydrogen-bond donors (Lipinski definition) is 1. The standard InChI is InChI=1S/C13H13ClOS/c1-8-7-10(4-5-11(8)14)13(15)12-6-3-9(2)16-12/h3-7,13,15H,1-2H3. The lowest BCUT2D eigenvalue weighted by molar-refractivity contribution is 0.224. The lowest BCUT2D eigenvalue weighted by atomic mass is 10.1. The molecule has 2 aromatic rings. The Morgan fingerprint density at radius 3 is 2.50 bits per heavy atom. The van der Waals surface area contributed by atoms with E-state index >= 15 is 0 Å². The van der Waals surface area contributed by atoms with Crippen LogP contribution in [-0.4, -0.2) is 5.11 Å². The quantitative estimate of drug-likeness (QED) is 0.853. The number of aliphatic hydroxyl groups is 1. The summed E-state index contributed by atoms with van der Waals surface area (Å²) in [6.07, 6.45) is -0.547. The number of rotatable bonds is 2. The highest BCUT2D eigenvalue weighted by atomic mass is 35.5. The van der Waals surface area contributed by atoms with Crippen molar-refractivity contribution in [2.75, 3.05) is 0 Å².